The molecule has 1 aromatic heterocycles. The second-order valence-corrected chi connectivity index (χ2v) is 6.45. The number of nitrogens with zero attached hydrogens (tertiary/aromatic N) is 2. The Morgan fingerprint density at radius 3 is 2.67 bits per heavy atom. The number of hydrogen-bond donors (Lipinski definition) is 1. The van der Waals surface area contributed by atoms with Crippen LogP contribution < -0.4 is 5.32 Å². The lowest BCUT2D eigenvalue weighted by Gasteiger charge is -2.08. The topological polar surface area (TPSA) is 115 Å². The summed E-state index contributed by atoms with van der Waals surface area (Å²) in [5, 5.41) is 17.7. The number of nitro groups is 1. The van der Waals surface area contributed by atoms with E-state index < -0.39 is 20.4 Å². The molecular formula is C12H13N3O5S. The summed E-state index contributed by atoms with van der Waals surface area (Å²) in [6, 6.07) is 5.78. The Balaban J connectivity index is 2.37. The van der Waals surface area contributed by atoms with E-state index in [-0.39, 0.29) is 17.1 Å². The molecule has 0 aliphatic heterocycles. The zero-order valence-electron chi connectivity index (χ0n) is 11.4. The summed E-state index contributed by atoms with van der Waals surface area (Å²) >= 11 is 0. The van der Waals surface area contributed by atoms with Crippen molar-refractivity contribution in [1.82, 2.24) is 5.16 Å². The van der Waals surface area contributed by atoms with Crippen molar-refractivity contribution in [3.05, 3.63) is 45.8 Å². The van der Waals surface area contributed by atoms with Crippen molar-refractivity contribution >= 4 is 21.2 Å². The second kappa shape index (κ2) is 5.52. The first kappa shape index (κ1) is 15.0. The second-order valence-electron chi connectivity index (χ2n) is 4.46. The van der Waals surface area contributed by atoms with Crippen LogP contribution in [0.1, 0.15) is 11.5 Å². The molecule has 112 valence electrons. The Morgan fingerprint density at radius 2 is 2.14 bits per heavy atom. The standard InChI is InChI=1S/C12H13N3O5S/c1-8-6-9(14-20-8)7-13-10-4-3-5-11(21(2,18)19)12(10)15(16)17/h3-6,13H,7H2,1-2H3. The average molecular weight is 311 g/mol. The van der Waals surface area contributed by atoms with Gasteiger partial charge in [-0.15, -0.1) is 0 Å². The number of anilines is 1. The van der Waals surface area contributed by atoms with Crippen LogP contribution in [0.3, 0.4) is 0 Å². The number of sulfone groups is 1. The minimum absolute atomic E-state index is 0.114. The van der Waals surface area contributed by atoms with Crippen molar-refractivity contribution in [3.63, 3.8) is 0 Å². The zero-order valence-corrected chi connectivity index (χ0v) is 12.2. The largest absolute Gasteiger partial charge is 0.374 e. The molecule has 1 N–H and O–H groups in total. The molecule has 9 heteroatoms. The van der Waals surface area contributed by atoms with Gasteiger partial charge in [-0.05, 0) is 19.1 Å². The molecule has 0 amide bonds. The van der Waals surface area contributed by atoms with Crippen LogP contribution in [0.25, 0.3) is 0 Å². The Morgan fingerprint density at radius 1 is 1.43 bits per heavy atom. The van der Waals surface area contributed by atoms with E-state index in [4.69, 9.17) is 4.52 Å². The summed E-state index contributed by atoms with van der Waals surface area (Å²) in [4.78, 5) is 10.1. The van der Waals surface area contributed by atoms with Crippen molar-refractivity contribution in [1.29, 1.82) is 0 Å². The fraction of sp³-hybridized carbons (Fsp3) is 0.250. The number of benzene rings is 1. The molecule has 0 unspecified atom stereocenters. The number of para-hydroxylation sites is 1. The first-order chi connectivity index (χ1) is 9.79. The molecular weight excluding hydrogens is 298 g/mol. The first-order valence-electron chi connectivity index (χ1n) is 5.92. The molecule has 8 nitrogen and oxygen atoms in total. The van der Waals surface area contributed by atoms with Gasteiger partial charge < -0.3 is 9.84 Å². The Labute approximate surface area is 120 Å². The maximum atomic E-state index is 11.6. The monoisotopic (exact) mass is 311 g/mol. The third kappa shape index (κ3) is 3.37. The quantitative estimate of drug-likeness (QED) is 0.662. The SMILES string of the molecule is Cc1cc(CNc2cccc(S(C)(=O)=O)c2[N+](=O)[O-])no1. The highest BCUT2D eigenvalue weighted by molar-refractivity contribution is 7.90. The molecule has 21 heavy (non-hydrogen) atoms. The third-order valence-electron chi connectivity index (χ3n) is 2.72. The van der Waals surface area contributed by atoms with Gasteiger partial charge in [-0.25, -0.2) is 8.42 Å². The van der Waals surface area contributed by atoms with Gasteiger partial charge in [0.05, 0.1) is 11.5 Å². The molecule has 2 rings (SSSR count). The molecule has 0 radical (unpaired) electrons. The fourth-order valence-electron chi connectivity index (χ4n) is 1.84. The van der Waals surface area contributed by atoms with Crippen LogP contribution in [0.5, 0.6) is 0 Å². The molecule has 0 aliphatic rings. The summed E-state index contributed by atoms with van der Waals surface area (Å²) in [7, 11) is -3.70. The lowest BCUT2D eigenvalue weighted by atomic mass is 10.2. The van der Waals surface area contributed by atoms with Crippen molar-refractivity contribution in [2.24, 2.45) is 0 Å². The molecule has 0 fully saturated rings. The number of rotatable bonds is 5. The minimum Gasteiger partial charge on any atom is -0.374 e. The molecule has 0 saturated carbocycles. The van der Waals surface area contributed by atoms with Crippen LogP contribution in [0, 0.1) is 17.0 Å². The summed E-state index contributed by atoms with van der Waals surface area (Å²) in [6.07, 6.45) is 0.931. The minimum atomic E-state index is -3.70. The van der Waals surface area contributed by atoms with Gasteiger partial charge in [-0.1, -0.05) is 11.2 Å². The molecule has 0 bridgehead atoms. The number of nitrogens with one attached hydrogen (secondary N) is 1. The average Bonchev–Trinajstić information content (AvgIpc) is 2.80. The smallest absolute Gasteiger partial charge is 0.310 e. The highest BCUT2D eigenvalue weighted by Gasteiger charge is 2.26. The maximum absolute atomic E-state index is 11.6. The molecule has 0 atom stereocenters. The highest BCUT2D eigenvalue weighted by Crippen LogP contribution is 2.32. The molecule has 2 aromatic rings. The fourth-order valence-corrected chi connectivity index (χ4v) is 2.70. The van der Waals surface area contributed by atoms with Crippen LogP contribution in [-0.2, 0) is 16.4 Å². The van der Waals surface area contributed by atoms with Gasteiger partial charge in [-0.3, -0.25) is 10.1 Å². The van der Waals surface area contributed by atoms with E-state index >= 15 is 0 Å². The lowest BCUT2D eigenvalue weighted by molar-refractivity contribution is -0.386. The van der Waals surface area contributed by atoms with Crippen molar-refractivity contribution < 1.29 is 17.9 Å². The van der Waals surface area contributed by atoms with E-state index in [2.05, 4.69) is 10.5 Å². The Hall–Kier alpha value is -2.42. The molecule has 0 aliphatic carbocycles. The summed E-state index contributed by atoms with van der Waals surface area (Å²) in [5.74, 6) is 0.617. The number of hydrogen-bond acceptors (Lipinski definition) is 7. The molecule has 0 saturated heterocycles. The van der Waals surface area contributed by atoms with Crippen LogP contribution >= 0.6 is 0 Å². The normalized spacial score (nSPS) is 11.3. The van der Waals surface area contributed by atoms with Gasteiger partial charge >= 0.3 is 5.69 Å². The Bertz CT molecular complexity index is 782. The van der Waals surface area contributed by atoms with E-state index in [0.717, 1.165) is 6.26 Å². The van der Waals surface area contributed by atoms with Gasteiger partial charge in [0, 0.05) is 12.3 Å². The van der Waals surface area contributed by atoms with Crippen molar-refractivity contribution in [2.45, 2.75) is 18.4 Å². The summed E-state index contributed by atoms with van der Waals surface area (Å²) in [6.45, 7) is 1.91. The number of aromatic nitrogens is 1. The predicted octanol–water partition coefficient (Wildman–Crippen LogP) is 1.91. The van der Waals surface area contributed by atoms with E-state index in [9.17, 15) is 18.5 Å². The summed E-state index contributed by atoms with van der Waals surface area (Å²) in [5.41, 5.74) is 0.204. The summed E-state index contributed by atoms with van der Waals surface area (Å²) < 4.78 is 28.1. The highest BCUT2D eigenvalue weighted by atomic mass is 32.2. The van der Waals surface area contributed by atoms with Crippen LogP contribution in [0.2, 0.25) is 0 Å². The van der Waals surface area contributed by atoms with Gasteiger partial charge in [-0.2, -0.15) is 0 Å². The van der Waals surface area contributed by atoms with Crippen LogP contribution in [-0.4, -0.2) is 24.8 Å². The van der Waals surface area contributed by atoms with Crippen molar-refractivity contribution in [2.75, 3.05) is 11.6 Å². The van der Waals surface area contributed by atoms with Gasteiger partial charge in [0.2, 0.25) is 0 Å². The Kier molecular flexibility index (Phi) is 3.94. The molecule has 0 spiro atoms. The van der Waals surface area contributed by atoms with Gasteiger partial charge in [0.1, 0.15) is 22.0 Å². The number of aryl methyl sites for hydroxylation is 1. The molecule has 1 heterocycles. The van der Waals surface area contributed by atoms with Crippen LogP contribution in [0.4, 0.5) is 11.4 Å². The van der Waals surface area contributed by atoms with E-state index in [1.54, 1.807) is 13.0 Å². The van der Waals surface area contributed by atoms with Crippen molar-refractivity contribution in [3.8, 4) is 0 Å². The maximum Gasteiger partial charge on any atom is 0.310 e. The zero-order chi connectivity index (χ0) is 15.6. The van der Waals surface area contributed by atoms with Crippen LogP contribution in [0.15, 0.2) is 33.7 Å². The third-order valence-corrected chi connectivity index (χ3v) is 3.85. The predicted molar refractivity (Wildman–Crippen MR) is 74.8 cm³/mol. The molecule has 1 aromatic carbocycles. The lowest BCUT2D eigenvalue weighted by Crippen LogP contribution is -2.07. The van der Waals surface area contributed by atoms with E-state index in [0.29, 0.717) is 11.5 Å². The van der Waals surface area contributed by atoms with Gasteiger partial charge in [0.15, 0.2) is 9.84 Å². The van der Waals surface area contributed by atoms with E-state index in [1.807, 2.05) is 0 Å². The first-order valence-corrected chi connectivity index (χ1v) is 7.81. The number of nitro benzene ring substituents is 1. The van der Waals surface area contributed by atoms with Gasteiger partial charge in [0.25, 0.3) is 0 Å². The van der Waals surface area contributed by atoms with E-state index in [1.165, 1.54) is 18.2 Å².